The van der Waals surface area contributed by atoms with Crippen LogP contribution in [0.25, 0.3) is 0 Å². The number of hydrogen-bond donors (Lipinski definition) is 2. The van der Waals surface area contributed by atoms with Gasteiger partial charge in [0.25, 0.3) is 0 Å². The summed E-state index contributed by atoms with van der Waals surface area (Å²) >= 11 is 0. The van der Waals surface area contributed by atoms with Crippen molar-refractivity contribution in [3.8, 4) is 6.07 Å². The van der Waals surface area contributed by atoms with Gasteiger partial charge in [-0.1, -0.05) is 13.3 Å². The molecule has 5 nitrogen and oxygen atoms in total. The monoisotopic (exact) mass is 211 g/mol. The fourth-order valence-corrected chi connectivity index (χ4v) is 1.000. The maximum absolute atomic E-state index is 11.5. The van der Waals surface area contributed by atoms with Gasteiger partial charge in [0.1, 0.15) is 11.5 Å². The minimum atomic E-state index is -1.11. The molecule has 0 radical (unpaired) electrons. The molecule has 1 unspecified atom stereocenters. The predicted octanol–water partition coefficient (Wildman–Crippen LogP) is 0.306. The highest BCUT2D eigenvalue weighted by atomic mass is 16.2. The molecular formula is C10H17N3O2. The molecule has 1 atom stereocenters. The number of nitrogens with one attached hydrogen (secondary N) is 1. The van der Waals surface area contributed by atoms with Crippen molar-refractivity contribution in [3.05, 3.63) is 0 Å². The van der Waals surface area contributed by atoms with Gasteiger partial charge in [-0.2, -0.15) is 5.26 Å². The van der Waals surface area contributed by atoms with Crippen molar-refractivity contribution in [1.82, 2.24) is 5.32 Å². The zero-order valence-electron chi connectivity index (χ0n) is 9.33. The number of nitrogens with zero attached hydrogens (tertiary/aromatic N) is 1. The predicted molar refractivity (Wildman–Crippen MR) is 55.4 cm³/mol. The Morgan fingerprint density at radius 3 is 2.40 bits per heavy atom. The third-order valence-corrected chi connectivity index (χ3v) is 2.10. The number of carbonyl (C=O) groups is 2. The Balaban J connectivity index is 4.48. The normalized spacial score (nSPS) is 12.7. The van der Waals surface area contributed by atoms with Crippen LogP contribution in [0.1, 0.15) is 33.6 Å². The fraction of sp³-hybridized carbons (Fsp3) is 0.700. The maximum atomic E-state index is 11.5. The Bertz CT molecular complexity index is 292. The molecule has 0 saturated carbocycles. The van der Waals surface area contributed by atoms with Gasteiger partial charge in [-0.15, -0.1) is 0 Å². The van der Waals surface area contributed by atoms with Crippen LogP contribution < -0.4 is 11.1 Å². The van der Waals surface area contributed by atoms with E-state index in [9.17, 15) is 9.59 Å². The maximum Gasteiger partial charge on any atom is 0.242 e. The Morgan fingerprint density at radius 2 is 2.07 bits per heavy atom. The van der Waals surface area contributed by atoms with Crippen LogP contribution in [0.3, 0.4) is 0 Å². The zero-order chi connectivity index (χ0) is 12.1. The Morgan fingerprint density at radius 1 is 1.53 bits per heavy atom. The van der Waals surface area contributed by atoms with E-state index in [1.54, 1.807) is 0 Å². The van der Waals surface area contributed by atoms with Crippen LogP contribution >= 0.6 is 0 Å². The van der Waals surface area contributed by atoms with Crippen molar-refractivity contribution < 1.29 is 9.59 Å². The van der Waals surface area contributed by atoms with E-state index in [0.29, 0.717) is 6.42 Å². The number of carbonyl (C=O) groups excluding carboxylic acids is 2. The van der Waals surface area contributed by atoms with Crippen LogP contribution in [0.4, 0.5) is 0 Å². The third kappa shape index (κ3) is 3.98. The van der Waals surface area contributed by atoms with Gasteiger partial charge >= 0.3 is 0 Å². The van der Waals surface area contributed by atoms with Crippen LogP contribution in [0, 0.1) is 17.2 Å². The highest BCUT2D eigenvalue weighted by Crippen LogP contribution is 2.08. The minimum absolute atomic E-state index is 0.442. The van der Waals surface area contributed by atoms with Gasteiger partial charge in [0.2, 0.25) is 11.8 Å². The molecule has 15 heavy (non-hydrogen) atoms. The molecular weight excluding hydrogens is 194 g/mol. The summed E-state index contributed by atoms with van der Waals surface area (Å²) in [5.74, 6) is -1.78. The third-order valence-electron chi connectivity index (χ3n) is 2.10. The van der Waals surface area contributed by atoms with Crippen molar-refractivity contribution in [2.75, 3.05) is 0 Å². The zero-order valence-corrected chi connectivity index (χ0v) is 9.33. The highest BCUT2D eigenvalue weighted by molar-refractivity contribution is 5.91. The molecule has 0 aromatic heterocycles. The van der Waals surface area contributed by atoms with Gasteiger partial charge in [0.05, 0.1) is 6.07 Å². The topological polar surface area (TPSA) is 96.0 Å². The van der Waals surface area contributed by atoms with Crippen molar-refractivity contribution >= 4 is 11.8 Å². The lowest BCUT2D eigenvalue weighted by atomic mass is 10.00. The lowest BCUT2D eigenvalue weighted by Crippen LogP contribution is -2.54. The SMILES string of the molecule is CCCC(C#N)C(=O)NC(C)(C)C(N)=O. The average Bonchev–Trinajstić information content (AvgIpc) is 2.12. The van der Waals surface area contributed by atoms with E-state index in [4.69, 9.17) is 11.0 Å². The van der Waals surface area contributed by atoms with Gasteiger partial charge in [-0.3, -0.25) is 9.59 Å². The van der Waals surface area contributed by atoms with Gasteiger partial charge in [-0.25, -0.2) is 0 Å². The van der Waals surface area contributed by atoms with Gasteiger partial charge < -0.3 is 11.1 Å². The largest absolute Gasteiger partial charge is 0.368 e. The van der Waals surface area contributed by atoms with Crippen LogP contribution in [0.2, 0.25) is 0 Å². The number of hydrogen-bond acceptors (Lipinski definition) is 3. The first-order valence-corrected chi connectivity index (χ1v) is 4.86. The molecule has 0 rings (SSSR count). The van der Waals surface area contributed by atoms with Crippen LogP contribution in [-0.2, 0) is 9.59 Å². The van der Waals surface area contributed by atoms with Crippen molar-refractivity contribution in [1.29, 1.82) is 5.26 Å². The number of primary amides is 1. The first-order chi connectivity index (χ1) is 6.85. The Labute approximate surface area is 89.6 Å². The van der Waals surface area contributed by atoms with Crippen LogP contribution in [-0.4, -0.2) is 17.4 Å². The van der Waals surface area contributed by atoms with E-state index in [1.807, 2.05) is 13.0 Å². The molecule has 2 amide bonds. The fourth-order valence-electron chi connectivity index (χ4n) is 1.000. The molecule has 0 aromatic rings. The Kier molecular flexibility index (Phi) is 4.79. The van der Waals surface area contributed by atoms with Crippen molar-refractivity contribution in [3.63, 3.8) is 0 Å². The molecule has 0 saturated heterocycles. The van der Waals surface area contributed by atoms with Crippen molar-refractivity contribution in [2.24, 2.45) is 11.7 Å². The summed E-state index contributed by atoms with van der Waals surface area (Å²) in [6.07, 6.45) is 1.22. The number of nitrogens with two attached hydrogens (primary N) is 1. The number of nitriles is 1. The molecule has 0 aliphatic carbocycles. The molecule has 0 aliphatic heterocycles. The van der Waals surface area contributed by atoms with Crippen molar-refractivity contribution in [2.45, 2.75) is 39.2 Å². The van der Waals surface area contributed by atoms with E-state index in [0.717, 1.165) is 6.42 Å². The van der Waals surface area contributed by atoms with E-state index in [-0.39, 0.29) is 0 Å². The lowest BCUT2D eigenvalue weighted by molar-refractivity contribution is -0.131. The molecule has 0 spiro atoms. The van der Waals surface area contributed by atoms with E-state index in [1.165, 1.54) is 13.8 Å². The second-order valence-electron chi connectivity index (χ2n) is 3.95. The van der Waals surface area contributed by atoms with Gasteiger partial charge in [0.15, 0.2) is 0 Å². The van der Waals surface area contributed by atoms with Gasteiger partial charge in [-0.05, 0) is 20.3 Å². The molecule has 84 valence electrons. The standard InChI is InChI=1S/C10H17N3O2/c1-4-5-7(6-11)8(14)13-10(2,3)9(12)15/h7H,4-5H2,1-3H3,(H2,12,15)(H,13,14). The van der Waals surface area contributed by atoms with Gasteiger partial charge in [0, 0.05) is 0 Å². The Hall–Kier alpha value is -1.57. The summed E-state index contributed by atoms with van der Waals surface area (Å²) < 4.78 is 0. The molecule has 0 bridgehead atoms. The molecule has 0 fully saturated rings. The van der Waals surface area contributed by atoms with E-state index < -0.39 is 23.3 Å². The molecule has 0 aliphatic rings. The second-order valence-corrected chi connectivity index (χ2v) is 3.95. The average molecular weight is 211 g/mol. The summed E-state index contributed by atoms with van der Waals surface area (Å²) in [6, 6.07) is 1.90. The summed E-state index contributed by atoms with van der Waals surface area (Å²) in [5.41, 5.74) is 3.99. The minimum Gasteiger partial charge on any atom is -0.368 e. The molecule has 3 N–H and O–H groups in total. The smallest absolute Gasteiger partial charge is 0.242 e. The van der Waals surface area contributed by atoms with E-state index in [2.05, 4.69) is 5.32 Å². The molecule has 0 aromatic carbocycles. The van der Waals surface area contributed by atoms with E-state index >= 15 is 0 Å². The highest BCUT2D eigenvalue weighted by Gasteiger charge is 2.29. The van der Waals surface area contributed by atoms with Crippen LogP contribution in [0.5, 0.6) is 0 Å². The number of rotatable bonds is 5. The first kappa shape index (κ1) is 13.4. The summed E-state index contributed by atoms with van der Waals surface area (Å²) in [6.45, 7) is 4.90. The quantitative estimate of drug-likeness (QED) is 0.684. The van der Waals surface area contributed by atoms with Crippen LogP contribution in [0.15, 0.2) is 0 Å². The summed E-state index contributed by atoms with van der Waals surface area (Å²) in [4.78, 5) is 22.5. The first-order valence-electron chi connectivity index (χ1n) is 4.86. The number of amides is 2. The summed E-state index contributed by atoms with van der Waals surface area (Å²) in [7, 11) is 0. The second kappa shape index (κ2) is 5.35. The molecule has 0 heterocycles. The summed E-state index contributed by atoms with van der Waals surface area (Å²) in [5, 5.41) is 11.2. The lowest BCUT2D eigenvalue weighted by Gasteiger charge is -2.23. The molecule has 5 heteroatoms.